The number of nitrogens with one attached hydrogen (secondary N) is 1. The molecule has 6 nitrogen and oxygen atoms in total. The highest BCUT2D eigenvalue weighted by atomic mass is 32.2. The van der Waals surface area contributed by atoms with Crippen LogP contribution in [0.25, 0.3) is 0 Å². The Morgan fingerprint density at radius 1 is 1.24 bits per heavy atom. The standard InChI is InChI=1S/C18H15N3O3S/c19-10-12-2-1-3-14(8-12)20-18(22)21-6-7-25-17(21)13-4-5-15-16(9-13)24-11-23-15/h1-5,8-9,17H,6-7,11H2,(H,20,22). The van der Waals surface area contributed by atoms with Crippen molar-refractivity contribution in [1.29, 1.82) is 5.26 Å². The van der Waals surface area contributed by atoms with Crippen LogP contribution in [0.15, 0.2) is 42.5 Å². The molecule has 7 heteroatoms. The molecule has 2 aromatic rings. The van der Waals surface area contributed by atoms with Crippen LogP contribution in [0.2, 0.25) is 0 Å². The Morgan fingerprint density at radius 2 is 2.12 bits per heavy atom. The maximum absolute atomic E-state index is 12.7. The zero-order valence-electron chi connectivity index (χ0n) is 13.3. The van der Waals surface area contributed by atoms with Gasteiger partial charge < -0.3 is 19.7 Å². The number of thioether (sulfide) groups is 1. The van der Waals surface area contributed by atoms with E-state index in [-0.39, 0.29) is 18.2 Å². The number of nitriles is 1. The molecule has 0 spiro atoms. The van der Waals surface area contributed by atoms with Gasteiger partial charge in [-0.3, -0.25) is 0 Å². The number of nitrogens with zero attached hydrogens (tertiary/aromatic N) is 2. The summed E-state index contributed by atoms with van der Waals surface area (Å²) in [5.74, 6) is 2.31. The second-order valence-electron chi connectivity index (χ2n) is 5.65. The first-order chi connectivity index (χ1) is 12.2. The van der Waals surface area contributed by atoms with E-state index in [0.717, 1.165) is 17.1 Å². The summed E-state index contributed by atoms with van der Waals surface area (Å²) in [6, 6.07) is 14.6. The van der Waals surface area contributed by atoms with Crippen LogP contribution >= 0.6 is 11.8 Å². The zero-order chi connectivity index (χ0) is 17.2. The quantitative estimate of drug-likeness (QED) is 0.893. The number of fused-ring (bicyclic) bond motifs is 1. The van der Waals surface area contributed by atoms with Crippen molar-refractivity contribution in [1.82, 2.24) is 4.90 Å². The predicted octanol–water partition coefficient (Wildman–Crippen LogP) is 3.57. The average Bonchev–Trinajstić information content (AvgIpc) is 3.30. The number of anilines is 1. The van der Waals surface area contributed by atoms with Crippen LogP contribution in [-0.4, -0.2) is 30.0 Å². The lowest BCUT2D eigenvalue weighted by molar-refractivity contribution is 0.174. The van der Waals surface area contributed by atoms with Crippen molar-refractivity contribution in [3.63, 3.8) is 0 Å². The topological polar surface area (TPSA) is 74.6 Å². The van der Waals surface area contributed by atoms with Crippen LogP contribution in [0.4, 0.5) is 10.5 Å². The molecule has 1 atom stereocenters. The van der Waals surface area contributed by atoms with Gasteiger partial charge in [0.1, 0.15) is 5.37 Å². The average molecular weight is 353 g/mol. The zero-order valence-corrected chi connectivity index (χ0v) is 14.1. The Kier molecular flexibility index (Phi) is 4.12. The normalized spacial score (nSPS) is 18.0. The molecule has 0 bridgehead atoms. The molecule has 1 fully saturated rings. The van der Waals surface area contributed by atoms with Crippen LogP contribution in [0, 0.1) is 11.3 Å². The van der Waals surface area contributed by atoms with E-state index in [2.05, 4.69) is 11.4 Å². The molecular formula is C18H15N3O3S. The van der Waals surface area contributed by atoms with E-state index in [1.165, 1.54) is 0 Å². The van der Waals surface area contributed by atoms with Crippen molar-refractivity contribution in [3.8, 4) is 17.6 Å². The third-order valence-corrected chi connectivity index (χ3v) is 5.34. The summed E-state index contributed by atoms with van der Waals surface area (Å²) in [6.07, 6.45) is 0. The number of hydrogen-bond acceptors (Lipinski definition) is 5. The number of urea groups is 1. The molecular weight excluding hydrogens is 338 g/mol. The first kappa shape index (κ1) is 15.7. The molecule has 2 aliphatic rings. The minimum absolute atomic E-state index is 0.0753. The third kappa shape index (κ3) is 3.08. The van der Waals surface area contributed by atoms with Crippen LogP contribution in [0.3, 0.4) is 0 Å². The van der Waals surface area contributed by atoms with Crippen molar-refractivity contribution >= 4 is 23.5 Å². The summed E-state index contributed by atoms with van der Waals surface area (Å²) in [5.41, 5.74) is 2.14. The fourth-order valence-electron chi connectivity index (χ4n) is 2.88. The van der Waals surface area contributed by atoms with Gasteiger partial charge in [0.05, 0.1) is 11.6 Å². The smallest absolute Gasteiger partial charge is 0.323 e. The number of carbonyl (C=O) groups excluding carboxylic acids is 1. The Bertz CT molecular complexity index is 865. The highest BCUT2D eigenvalue weighted by Gasteiger charge is 2.31. The lowest BCUT2D eigenvalue weighted by Gasteiger charge is -2.24. The summed E-state index contributed by atoms with van der Waals surface area (Å²) >= 11 is 1.71. The van der Waals surface area contributed by atoms with Gasteiger partial charge in [-0.15, -0.1) is 11.8 Å². The van der Waals surface area contributed by atoms with Crippen molar-refractivity contribution in [2.24, 2.45) is 0 Å². The molecule has 2 amide bonds. The number of rotatable bonds is 2. The number of amides is 2. The Hall–Kier alpha value is -2.85. The van der Waals surface area contributed by atoms with E-state index in [4.69, 9.17) is 14.7 Å². The molecule has 1 N–H and O–H groups in total. The maximum Gasteiger partial charge on any atom is 0.323 e. The number of hydrogen-bond donors (Lipinski definition) is 1. The Balaban J connectivity index is 1.53. The van der Waals surface area contributed by atoms with Gasteiger partial charge in [0.15, 0.2) is 11.5 Å². The second kappa shape index (κ2) is 6.57. The number of ether oxygens (including phenoxy) is 2. The van der Waals surface area contributed by atoms with Crippen molar-refractivity contribution in [2.75, 3.05) is 24.4 Å². The van der Waals surface area contributed by atoms with Gasteiger partial charge in [-0.25, -0.2) is 4.79 Å². The third-order valence-electron chi connectivity index (χ3n) is 4.08. The predicted molar refractivity (Wildman–Crippen MR) is 94.6 cm³/mol. The monoisotopic (exact) mass is 353 g/mol. The molecule has 0 aliphatic carbocycles. The number of benzene rings is 2. The lowest BCUT2D eigenvalue weighted by Crippen LogP contribution is -2.34. The summed E-state index contributed by atoms with van der Waals surface area (Å²) in [4.78, 5) is 14.5. The molecule has 4 rings (SSSR count). The molecule has 1 saturated heterocycles. The van der Waals surface area contributed by atoms with Crippen molar-refractivity contribution < 1.29 is 14.3 Å². The molecule has 2 aromatic carbocycles. The molecule has 0 radical (unpaired) electrons. The van der Waals surface area contributed by atoms with E-state index in [1.54, 1.807) is 40.9 Å². The second-order valence-corrected chi connectivity index (χ2v) is 6.84. The van der Waals surface area contributed by atoms with E-state index in [1.807, 2.05) is 18.2 Å². The lowest BCUT2D eigenvalue weighted by atomic mass is 10.2. The molecule has 2 aliphatic heterocycles. The van der Waals surface area contributed by atoms with E-state index >= 15 is 0 Å². The van der Waals surface area contributed by atoms with E-state index in [9.17, 15) is 4.79 Å². The van der Waals surface area contributed by atoms with Gasteiger partial charge in [0.25, 0.3) is 0 Å². The van der Waals surface area contributed by atoms with Gasteiger partial charge in [0, 0.05) is 18.0 Å². The molecule has 25 heavy (non-hydrogen) atoms. The molecule has 2 heterocycles. The van der Waals surface area contributed by atoms with Gasteiger partial charge in [-0.05, 0) is 35.9 Å². The van der Waals surface area contributed by atoms with Crippen LogP contribution in [0.5, 0.6) is 11.5 Å². The molecule has 1 unspecified atom stereocenters. The summed E-state index contributed by atoms with van der Waals surface area (Å²) in [7, 11) is 0. The fraction of sp³-hybridized carbons (Fsp3) is 0.222. The van der Waals surface area contributed by atoms with Crippen molar-refractivity contribution in [2.45, 2.75) is 5.37 Å². The highest BCUT2D eigenvalue weighted by Crippen LogP contribution is 2.42. The maximum atomic E-state index is 12.7. The van der Waals surface area contributed by atoms with E-state index in [0.29, 0.717) is 23.5 Å². The van der Waals surface area contributed by atoms with Crippen LogP contribution in [-0.2, 0) is 0 Å². The van der Waals surface area contributed by atoms with Gasteiger partial charge >= 0.3 is 6.03 Å². The first-order valence-corrected chi connectivity index (χ1v) is 8.88. The minimum atomic E-state index is -0.178. The Labute approximate surface area is 149 Å². The molecule has 126 valence electrons. The first-order valence-electron chi connectivity index (χ1n) is 7.83. The van der Waals surface area contributed by atoms with Gasteiger partial charge in [0.2, 0.25) is 6.79 Å². The minimum Gasteiger partial charge on any atom is -0.454 e. The van der Waals surface area contributed by atoms with Gasteiger partial charge in [-0.2, -0.15) is 5.26 Å². The molecule has 0 saturated carbocycles. The summed E-state index contributed by atoms with van der Waals surface area (Å²) in [6.45, 7) is 0.892. The summed E-state index contributed by atoms with van der Waals surface area (Å²) in [5, 5.41) is 11.8. The van der Waals surface area contributed by atoms with Crippen LogP contribution < -0.4 is 14.8 Å². The van der Waals surface area contributed by atoms with Crippen LogP contribution in [0.1, 0.15) is 16.5 Å². The largest absolute Gasteiger partial charge is 0.454 e. The van der Waals surface area contributed by atoms with Crippen molar-refractivity contribution in [3.05, 3.63) is 53.6 Å². The number of carbonyl (C=O) groups is 1. The summed E-state index contributed by atoms with van der Waals surface area (Å²) < 4.78 is 10.8. The SMILES string of the molecule is N#Cc1cccc(NC(=O)N2CCSC2c2ccc3c(c2)OCO3)c1. The Morgan fingerprint density at radius 3 is 3.00 bits per heavy atom. The van der Waals surface area contributed by atoms with Gasteiger partial charge in [-0.1, -0.05) is 12.1 Å². The van der Waals surface area contributed by atoms with E-state index < -0.39 is 0 Å². The highest BCUT2D eigenvalue weighted by molar-refractivity contribution is 7.99. The molecule has 0 aromatic heterocycles. The fourth-order valence-corrected chi connectivity index (χ4v) is 4.13.